The van der Waals surface area contributed by atoms with Gasteiger partial charge in [0, 0.05) is 17.8 Å². The van der Waals surface area contributed by atoms with Crippen LogP contribution >= 0.6 is 0 Å². The summed E-state index contributed by atoms with van der Waals surface area (Å²) in [6.07, 6.45) is 3.68. The molecule has 1 aliphatic carbocycles. The lowest BCUT2D eigenvalue weighted by Gasteiger charge is -2.32. The molecule has 7 heteroatoms. The molecule has 1 aliphatic heterocycles. The molecular formula is C25H26FNO5. The fourth-order valence-corrected chi connectivity index (χ4v) is 4.64. The van der Waals surface area contributed by atoms with Crippen LogP contribution in [0.25, 0.3) is 0 Å². The van der Waals surface area contributed by atoms with Crippen molar-refractivity contribution in [1.82, 2.24) is 0 Å². The van der Waals surface area contributed by atoms with Crippen LogP contribution in [0.3, 0.4) is 0 Å². The van der Waals surface area contributed by atoms with E-state index in [0.29, 0.717) is 19.4 Å². The van der Waals surface area contributed by atoms with Crippen molar-refractivity contribution in [3.05, 3.63) is 59.4 Å². The maximum atomic E-state index is 13.9. The summed E-state index contributed by atoms with van der Waals surface area (Å²) in [5, 5.41) is 0. The minimum Gasteiger partial charge on any atom is -0.494 e. The van der Waals surface area contributed by atoms with Gasteiger partial charge in [0.15, 0.2) is 24.0 Å². The van der Waals surface area contributed by atoms with E-state index in [-0.39, 0.29) is 17.2 Å². The number of fused-ring (bicyclic) bond motifs is 1. The second-order valence-electron chi connectivity index (χ2n) is 8.25. The number of esters is 1. The van der Waals surface area contributed by atoms with Crippen LogP contribution in [0.15, 0.2) is 42.5 Å². The van der Waals surface area contributed by atoms with Crippen LogP contribution in [0.2, 0.25) is 0 Å². The molecule has 0 aromatic heterocycles. The second kappa shape index (κ2) is 9.51. The highest BCUT2D eigenvalue weighted by Crippen LogP contribution is 2.36. The number of hydrogen-bond donors (Lipinski definition) is 0. The minimum atomic E-state index is -0.659. The first-order valence-electron chi connectivity index (χ1n) is 10.9. The normalized spacial score (nSPS) is 19.9. The molecule has 1 heterocycles. The van der Waals surface area contributed by atoms with Gasteiger partial charge >= 0.3 is 5.97 Å². The van der Waals surface area contributed by atoms with E-state index in [4.69, 9.17) is 9.47 Å². The first-order chi connectivity index (χ1) is 15.5. The number of methoxy groups -OCH3 is 1. The third-order valence-electron chi connectivity index (χ3n) is 6.36. The lowest BCUT2D eigenvalue weighted by molar-refractivity contribution is -0.153. The molecule has 2 atom stereocenters. The van der Waals surface area contributed by atoms with Gasteiger partial charge in [0.05, 0.1) is 18.9 Å². The molecule has 0 radical (unpaired) electrons. The molecule has 32 heavy (non-hydrogen) atoms. The van der Waals surface area contributed by atoms with Crippen LogP contribution in [-0.2, 0) is 20.7 Å². The number of amides is 1. The Labute approximate surface area is 186 Å². The molecule has 168 valence electrons. The maximum absolute atomic E-state index is 13.9. The van der Waals surface area contributed by atoms with Gasteiger partial charge in [-0.1, -0.05) is 31.0 Å². The zero-order chi connectivity index (χ0) is 22.7. The minimum absolute atomic E-state index is 0.0330. The van der Waals surface area contributed by atoms with Gasteiger partial charge in [-0.15, -0.1) is 0 Å². The Balaban J connectivity index is 1.41. The first kappa shape index (κ1) is 22.0. The molecule has 1 amide bonds. The highest BCUT2D eigenvalue weighted by Gasteiger charge is 2.40. The van der Waals surface area contributed by atoms with Crippen LogP contribution in [0.4, 0.5) is 10.1 Å². The average molecular weight is 439 g/mol. The fourth-order valence-electron chi connectivity index (χ4n) is 4.64. The van der Waals surface area contributed by atoms with Crippen molar-refractivity contribution in [3.8, 4) is 5.75 Å². The maximum Gasteiger partial charge on any atom is 0.310 e. The molecule has 2 aliphatic rings. The van der Waals surface area contributed by atoms with Crippen molar-refractivity contribution >= 4 is 23.3 Å². The summed E-state index contributed by atoms with van der Waals surface area (Å²) < 4.78 is 24.0. The Morgan fingerprint density at radius 1 is 1.06 bits per heavy atom. The molecule has 0 saturated heterocycles. The number of ether oxygens (including phenoxy) is 2. The fraction of sp³-hybridized carbons (Fsp3) is 0.400. The van der Waals surface area contributed by atoms with E-state index in [2.05, 4.69) is 0 Å². The van der Waals surface area contributed by atoms with E-state index in [1.54, 1.807) is 4.90 Å². The van der Waals surface area contributed by atoms with Crippen LogP contribution in [-0.4, -0.2) is 37.9 Å². The predicted octanol–water partition coefficient (Wildman–Crippen LogP) is 3.96. The summed E-state index contributed by atoms with van der Waals surface area (Å²) in [7, 11) is 1.34. The lowest BCUT2D eigenvalue weighted by Crippen LogP contribution is -2.42. The van der Waals surface area contributed by atoms with E-state index in [1.807, 2.05) is 24.3 Å². The van der Waals surface area contributed by atoms with Gasteiger partial charge in [0.25, 0.3) is 0 Å². The molecule has 4 rings (SSSR count). The number of rotatable bonds is 6. The van der Waals surface area contributed by atoms with Crippen LogP contribution in [0.5, 0.6) is 5.75 Å². The second-order valence-corrected chi connectivity index (χ2v) is 8.25. The first-order valence-corrected chi connectivity index (χ1v) is 10.9. The third kappa shape index (κ3) is 4.38. The topological polar surface area (TPSA) is 72.9 Å². The van der Waals surface area contributed by atoms with Crippen LogP contribution in [0.1, 0.15) is 41.6 Å². The van der Waals surface area contributed by atoms with Crippen molar-refractivity contribution in [1.29, 1.82) is 0 Å². The SMILES string of the molecule is COc1ccc(C(=O)COC(=O)C2CCCCC2C(=O)N2CCc3ccccc32)cc1F. The van der Waals surface area contributed by atoms with E-state index in [1.165, 1.54) is 19.2 Å². The number of anilines is 1. The average Bonchev–Trinajstić information content (AvgIpc) is 3.26. The highest BCUT2D eigenvalue weighted by atomic mass is 19.1. The number of halogens is 1. The third-order valence-corrected chi connectivity index (χ3v) is 6.36. The van der Waals surface area contributed by atoms with Crippen molar-refractivity contribution in [2.45, 2.75) is 32.1 Å². The number of carbonyl (C=O) groups is 3. The number of para-hydroxylation sites is 1. The van der Waals surface area contributed by atoms with E-state index < -0.39 is 36.0 Å². The molecule has 0 spiro atoms. The molecular weight excluding hydrogens is 413 g/mol. The van der Waals surface area contributed by atoms with E-state index in [0.717, 1.165) is 36.6 Å². The summed E-state index contributed by atoms with van der Waals surface area (Å²) in [5.41, 5.74) is 2.14. The molecule has 1 saturated carbocycles. The molecule has 1 fully saturated rings. The summed E-state index contributed by atoms with van der Waals surface area (Å²) in [4.78, 5) is 40.3. The van der Waals surface area contributed by atoms with Gasteiger partial charge in [0.1, 0.15) is 0 Å². The molecule has 0 N–H and O–H groups in total. The number of nitrogens with zero attached hydrogens (tertiary/aromatic N) is 1. The Kier molecular flexibility index (Phi) is 6.53. The van der Waals surface area contributed by atoms with Crippen molar-refractivity contribution in [2.75, 3.05) is 25.2 Å². The summed E-state index contributed by atoms with van der Waals surface area (Å²) in [6.45, 7) is 0.118. The lowest BCUT2D eigenvalue weighted by atomic mass is 9.78. The Morgan fingerprint density at radius 2 is 1.81 bits per heavy atom. The highest BCUT2D eigenvalue weighted by molar-refractivity contribution is 6.00. The number of carbonyl (C=O) groups excluding carboxylic acids is 3. The smallest absolute Gasteiger partial charge is 0.310 e. The quantitative estimate of drug-likeness (QED) is 0.503. The van der Waals surface area contributed by atoms with Crippen molar-refractivity contribution < 1.29 is 28.2 Å². The van der Waals surface area contributed by atoms with E-state index >= 15 is 0 Å². The Morgan fingerprint density at radius 3 is 2.56 bits per heavy atom. The summed E-state index contributed by atoms with van der Waals surface area (Å²) in [6, 6.07) is 11.7. The summed E-state index contributed by atoms with van der Waals surface area (Å²) >= 11 is 0. The van der Waals surface area contributed by atoms with Gasteiger partial charge in [0.2, 0.25) is 5.91 Å². The van der Waals surface area contributed by atoms with E-state index in [9.17, 15) is 18.8 Å². The summed E-state index contributed by atoms with van der Waals surface area (Å²) in [5.74, 6) is -2.77. The number of benzene rings is 2. The zero-order valence-electron chi connectivity index (χ0n) is 18.0. The Hall–Kier alpha value is -3.22. The van der Waals surface area contributed by atoms with Gasteiger partial charge < -0.3 is 14.4 Å². The molecule has 2 unspecified atom stereocenters. The molecule has 0 bridgehead atoms. The van der Waals surface area contributed by atoms with Crippen molar-refractivity contribution in [3.63, 3.8) is 0 Å². The van der Waals surface area contributed by atoms with Gasteiger partial charge in [-0.2, -0.15) is 0 Å². The largest absolute Gasteiger partial charge is 0.494 e. The molecule has 6 nitrogen and oxygen atoms in total. The zero-order valence-corrected chi connectivity index (χ0v) is 18.0. The Bertz CT molecular complexity index is 1040. The van der Waals surface area contributed by atoms with Gasteiger partial charge in [-0.05, 0) is 49.1 Å². The number of Topliss-reactive ketones (excluding diaryl/α,β-unsaturated/α-hetero) is 1. The standard InChI is InChI=1S/C25H26FNO5/c1-31-23-11-10-17(14-20(23)26)22(28)15-32-25(30)19-8-4-3-7-18(19)24(29)27-13-12-16-6-2-5-9-21(16)27/h2,5-6,9-11,14,18-19H,3-4,7-8,12-13,15H2,1H3. The monoisotopic (exact) mass is 439 g/mol. The number of ketones is 1. The van der Waals surface area contributed by atoms with Gasteiger partial charge in [-0.3, -0.25) is 14.4 Å². The molecule has 2 aromatic carbocycles. The van der Waals surface area contributed by atoms with Crippen LogP contribution in [0, 0.1) is 17.7 Å². The van der Waals surface area contributed by atoms with Crippen molar-refractivity contribution in [2.24, 2.45) is 11.8 Å². The predicted molar refractivity (Wildman–Crippen MR) is 116 cm³/mol. The van der Waals surface area contributed by atoms with Crippen LogP contribution < -0.4 is 9.64 Å². The molecule has 2 aromatic rings. The van der Waals surface area contributed by atoms with Gasteiger partial charge in [-0.25, -0.2) is 4.39 Å². The number of hydrogen-bond acceptors (Lipinski definition) is 5.